The second-order valence-corrected chi connectivity index (χ2v) is 10.2. The van der Waals surface area contributed by atoms with Gasteiger partial charge in [-0.05, 0) is 70.5 Å². The van der Waals surface area contributed by atoms with E-state index in [2.05, 4.69) is 112 Å². The van der Waals surface area contributed by atoms with Crippen LogP contribution in [0.1, 0.15) is 33.4 Å². The van der Waals surface area contributed by atoms with Gasteiger partial charge in [-0.15, -0.1) is 13.2 Å². The Bertz CT molecular complexity index is 1400. The topological polar surface area (TPSA) is 36.9 Å². The van der Waals surface area contributed by atoms with Crippen LogP contribution in [-0.2, 0) is 14.9 Å². The molecule has 0 aromatic heterocycles. The normalized spacial score (nSPS) is 12.8. The fourth-order valence-electron chi connectivity index (χ4n) is 5.87. The molecule has 0 saturated heterocycles. The zero-order valence-electron chi connectivity index (χ0n) is 24.0. The molecule has 0 fully saturated rings. The molecule has 0 saturated carbocycles. The highest BCUT2D eigenvalue weighted by Gasteiger charge is 2.46. The first-order chi connectivity index (χ1) is 20.1. The summed E-state index contributed by atoms with van der Waals surface area (Å²) < 4.78 is 23.2. The molecule has 0 N–H and O–H groups in total. The van der Waals surface area contributed by atoms with Gasteiger partial charge in [-0.2, -0.15) is 0 Å². The number of hydrogen-bond acceptors (Lipinski definition) is 4. The molecule has 0 aliphatic heterocycles. The quantitative estimate of drug-likeness (QED) is 0.105. The van der Waals surface area contributed by atoms with Crippen molar-refractivity contribution in [3.05, 3.63) is 144 Å². The highest BCUT2D eigenvalue weighted by Crippen LogP contribution is 2.56. The number of aryl methyl sites for hydroxylation is 2. The summed E-state index contributed by atoms with van der Waals surface area (Å²) in [6.07, 6.45) is 3.49. The van der Waals surface area contributed by atoms with Crippen LogP contribution in [-0.4, -0.2) is 39.6 Å². The van der Waals surface area contributed by atoms with Crippen LogP contribution < -0.4 is 9.47 Å². The summed E-state index contributed by atoms with van der Waals surface area (Å²) in [5, 5.41) is 0. The highest BCUT2D eigenvalue weighted by molar-refractivity contribution is 5.86. The van der Waals surface area contributed by atoms with E-state index >= 15 is 0 Å². The summed E-state index contributed by atoms with van der Waals surface area (Å²) in [6, 6.07) is 30.7. The molecule has 4 aromatic rings. The van der Waals surface area contributed by atoms with Gasteiger partial charge in [0.15, 0.2) is 0 Å². The molecular weight excluding hydrogens is 508 g/mol. The maximum absolute atomic E-state index is 6.08. The molecule has 0 bridgehead atoms. The lowest BCUT2D eigenvalue weighted by atomic mass is 9.67. The molecule has 1 aliphatic rings. The maximum atomic E-state index is 6.08. The van der Waals surface area contributed by atoms with Crippen molar-refractivity contribution in [1.82, 2.24) is 0 Å². The van der Waals surface area contributed by atoms with E-state index in [4.69, 9.17) is 18.9 Å². The van der Waals surface area contributed by atoms with Crippen molar-refractivity contribution >= 4 is 0 Å². The van der Waals surface area contributed by atoms with Gasteiger partial charge in [-0.1, -0.05) is 84.9 Å². The van der Waals surface area contributed by atoms with Crippen molar-refractivity contribution in [2.45, 2.75) is 19.3 Å². The largest absolute Gasteiger partial charge is 0.491 e. The van der Waals surface area contributed by atoms with E-state index in [1.165, 1.54) is 33.4 Å². The Morgan fingerprint density at radius 2 is 1.02 bits per heavy atom. The summed E-state index contributed by atoms with van der Waals surface area (Å²) in [4.78, 5) is 0. The van der Waals surface area contributed by atoms with E-state index in [-0.39, 0.29) is 0 Å². The van der Waals surface area contributed by atoms with Crippen LogP contribution in [0.25, 0.3) is 11.1 Å². The zero-order valence-corrected chi connectivity index (χ0v) is 24.0. The average Bonchev–Trinajstić information content (AvgIpc) is 3.29. The monoisotopic (exact) mass is 546 g/mol. The van der Waals surface area contributed by atoms with Gasteiger partial charge in [0.05, 0.1) is 31.8 Å². The van der Waals surface area contributed by atoms with E-state index in [0.717, 1.165) is 22.6 Å². The van der Waals surface area contributed by atoms with Crippen LogP contribution in [0, 0.1) is 13.8 Å². The number of benzene rings is 4. The molecule has 0 heterocycles. The molecule has 41 heavy (non-hydrogen) atoms. The molecule has 5 rings (SSSR count). The van der Waals surface area contributed by atoms with Crippen LogP contribution in [0.4, 0.5) is 0 Å². The van der Waals surface area contributed by atoms with Gasteiger partial charge >= 0.3 is 0 Å². The minimum absolute atomic E-state index is 0.486. The van der Waals surface area contributed by atoms with E-state index < -0.39 is 5.41 Å². The second kappa shape index (κ2) is 13.0. The predicted octanol–water partition coefficient (Wildman–Crippen LogP) is 7.83. The lowest BCUT2D eigenvalue weighted by molar-refractivity contribution is 0.121. The summed E-state index contributed by atoms with van der Waals surface area (Å²) in [6.45, 7) is 14.7. The maximum Gasteiger partial charge on any atom is 0.122 e. The molecular formula is C37H38O4. The van der Waals surface area contributed by atoms with E-state index in [9.17, 15) is 0 Å². The molecule has 0 unspecified atom stereocenters. The van der Waals surface area contributed by atoms with E-state index in [1.807, 2.05) is 0 Å². The Morgan fingerprint density at radius 1 is 0.585 bits per heavy atom. The Balaban J connectivity index is 1.58. The average molecular weight is 547 g/mol. The van der Waals surface area contributed by atoms with Gasteiger partial charge in [-0.3, -0.25) is 0 Å². The third-order valence-electron chi connectivity index (χ3n) is 7.61. The van der Waals surface area contributed by atoms with Crippen LogP contribution >= 0.6 is 0 Å². The van der Waals surface area contributed by atoms with Crippen molar-refractivity contribution in [2.75, 3.05) is 39.6 Å². The van der Waals surface area contributed by atoms with Gasteiger partial charge in [0.1, 0.15) is 24.7 Å². The first kappa shape index (κ1) is 28.4. The van der Waals surface area contributed by atoms with Gasteiger partial charge in [0.2, 0.25) is 0 Å². The molecule has 4 aromatic carbocycles. The highest BCUT2D eigenvalue weighted by atomic mass is 16.5. The van der Waals surface area contributed by atoms with E-state index in [0.29, 0.717) is 39.6 Å². The summed E-state index contributed by atoms with van der Waals surface area (Å²) in [7, 11) is 0. The Labute approximate surface area is 243 Å². The first-order valence-corrected chi connectivity index (χ1v) is 14.2. The van der Waals surface area contributed by atoms with Gasteiger partial charge in [0, 0.05) is 0 Å². The van der Waals surface area contributed by atoms with Crippen molar-refractivity contribution < 1.29 is 18.9 Å². The molecule has 0 amide bonds. The predicted molar refractivity (Wildman–Crippen MR) is 166 cm³/mol. The van der Waals surface area contributed by atoms with Crippen molar-refractivity contribution in [3.8, 4) is 22.6 Å². The first-order valence-electron chi connectivity index (χ1n) is 14.2. The zero-order chi connectivity index (χ0) is 28.7. The van der Waals surface area contributed by atoms with Gasteiger partial charge in [0.25, 0.3) is 0 Å². The molecule has 0 spiro atoms. The Hall–Kier alpha value is -4.12. The summed E-state index contributed by atoms with van der Waals surface area (Å²) >= 11 is 0. The number of rotatable bonds is 14. The Morgan fingerprint density at radius 3 is 1.44 bits per heavy atom. The molecule has 0 atom stereocenters. The minimum atomic E-state index is -0.486. The molecule has 4 nitrogen and oxygen atoms in total. The summed E-state index contributed by atoms with van der Waals surface area (Å²) in [5.74, 6) is 1.73. The lowest BCUT2D eigenvalue weighted by Crippen LogP contribution is -2.29. The lowest BCUT2D eigenvalue weighted by Gasteiger charge is -2.34. The fourth-order valence-corrected chi connectivity index (χ4v) is 5.87. The van der Waals surface area contributed by atoms with Gasteiger partial charge in [-0.25, -0.2) is 0 Å². The molecule has 1 aliphatic carbocycles. The van der Waals surface area contributed by atoms with Crippen LogP contribution in [0.3, 0.4) is 0 Å². The smallest absolute Gasteiger partial charge is 0.122 e. The van der Waals surface area contributed by atoms with Crippen LogP contribution in [0.5, 0.6) is 11.5 Å². The molecule has 210 valence electrons. The van der Waals surface area contributed by atoms with Crippen LogP contribution in [0.2, 0.25) is 0 Å². The minimum Gasteiger partial charge on any atom is -0.491 e. The van der Waals surface area contributed by atoms with Crippen molar-refractivity contribution in [1.29, 1.82) is 0 Å². The number of hydrogen-bond donors (Lipinski definition) is 0. The number of fused-ring (bicyclic) bond motifs is 3. The molecule has 0 radical (unpaired) electrons. The van der Waals surface area contributed by atoms with E-state index in [1.54, 1.807) is 12.2 Å². The summed E-state index contributed by atoms with van der Waals surface area (Å²) in [5.41, 5.74) is 9.17. The second-order valence-electron chi connectivity index (χ2n) is 10.2. The van der Waals surface area contributed by atoms with Crippen LogP contribution in [0.15, 0.2) is 110 Å². The fraction of sp³-hybridized carbons (Fsp3) is 0.243. The standard InChI is InChI=1S/C37H38O4/c1-5-19-38-21-23-40-35-17-15-29(25-27(35)3)37(30-16-18-36(28(4)26-30)41-24-22-39-20-6-2)33-13-9-7-11-31(33)32-12-8-10-14-34(32)37/h5-18,25-26H,1-2,19-24H2,3-4H3. The Kier molecular flexibility index (Phi) is 9.03. The SMILES string of the molecule is C=CCOCCOc1ccc(C2(c3ccc(OCCOCC=C)c(C)c3)c3ccccc3-c3ccccc32)cc1C. The third kappa shape index (κ3) is 5.58. The van der Waals surface area contributed by atoms with Crippen molar-refractivity contribution in [3.63, 3.8) is 0 Å². The number of ether oxygens (including phenoxy) is 4. The third-order valence-corrected chi connectivity index (χ3v) is 7.61. The van der Waals surface area contributed by atoms with Crippen molar-refractivity contribution in [2.24, 2.45) is 0 Å². The van der Waals surface area contributed by atoms with Gasteiger partial charge < -0.3 is 18.9 Å². The molecule has 4 heteroatoms.